The summed E-state index contributed by atoms with van der Waals surface area (Å²) in [6, 6.07) is 0. The fraction of sp³-hybridized carbons (Fsp3) is 1.00. The normalized spacial score (nSPS) is 16.2. The maximum Gasteiger partial charge on any atom is 0.492 e. The van der Waals surface area contributed by atoms with E-state index in [9.17, 15) is 18.3 Å². The van der Waals surface area contributed by atoms with Crippen molar-refractivity contribution in [2.75, 3.05) is 39.6 Å². The highest BCUT2D eigenvalue weighted by atomic mass is 31.3. The summed E-state index contributed by atoms with van der Waals surface area (Å²) in [6.45, 7) is 9.75. The van der Waals surface area contributed by atoms with E-state index in [1.807, 2.05) is 0 Å². The lowest BCUT2D eigenvalue weighted by Gasteiger charge is -2.27. The molecule has 0 saturated heterocycles. The van der Waals surface area contributed by atoms with E-state index in [1.165, 1.54) is 0 Å². The predicted molar refractivity (Wildman–Crippen MR) is 131 cm³/mol. The molecule has 17 heteroatoms. The zero-order valence-electron chi connectivity index (χ0n) is 21.6. The largest absolute Gasteiger partial charge is 0.492 e. The summed E-state index contributed by atoms with van der Waals surface area (Å²) >= 11 is 0. The minimum absolute atomic E-state index is 0.0554. The first kappa shape index (κ1) is 35.6. The number of hydrogen-bond donors (Lipinski definition) is 0. The van der Waals surface area contributed by atoms with Crippen molar-refractivity contribution in [1.29, 1.82) is 0 Å². The zero-order chi connectivity index (χ0) is 26.8. The van der Waals surface area contributed by atoms with E-state index in [-0.39, 0.29) is 39.6 Å². The van der Waals surface area contributed by atoms with Gasteiger partial charge in [-0.2, -0.15) is 12.9 Å². The van der Waals surface area contributed by atoms with Gasteiger partial charge in [0.05, 0.1) is 39.6 Å². The van der Waals surface area contributed by atoms with Crippen molar-refractivity contribution in [1.82, 2.24) is 0 Å². The zero-order valence-corrected chi connectivity index (χ0v) is 25.2. The highest BCUT2D eigenvalue weighted by molar-refractivity contribution is 7.70. The Bertz CT molecular complexity index is 664. The summed E-state index contributed by atoms with van der Waals surface area (Å²) in [4.78, 5) is 0. The van der Waals surface area contributed by atoms with Gasteiger partial charge in [0.15, 0.2) is 0 Å². The van der Waals surface area contributed by atoms with Crippen LogP contribution in [0, 0.1) is 0 Å². The first-order valence-electron chi connectivity index (χ1n) is 11.9. The monoisotopic (exact) mass is 590 g/mol. The summed E-state index contributed by atoms with van der Waals surface area (Å²) in [5, 5.41) is 0. The van der Waals surface area contributed by atoms with E-state index in [1.54, 1.807) is 41.5 Å². The Morgan fingerprint density at radius 3 is 0.714 bits per heavy atom. The van der Waals surface area contributed by atoms with Gasteiger partial charge in [-0.15, -0.1) is 0 Å². The third-order valence-corrected chi connectivity index (χ3v) is 11.1. The molecule has 35 heavy (non-hydrogen) atoms. The van der Waals surface area contributed by atoms with Gasteiger partial charge in [-0.3, -0.25) is 27.1 Å². The highest BCUT2D eigenvalue weighted by Gasteiger charge is 2.50. The summed E-state index contributed by atoms with van der Waals surface area (Å²) in [5.74, 6) is 0. The van der Waals surface area contributed by atoms with Crippen LogP contribution in [0.25, 0.3) is 0 Å². The first-order chi connectivity index (χ1) is 16.5. The molecule has 0 amide bonds. The smallest absolute Gasteiger partial charge is 0.287 e. The van der Waals surface area contributed by atoms with Gasteiger partial charge in [0.25, 0.3) is 0 Å². The molecule has 0 rings (SSSR count). The average Bonchev–Trinajstić information content (AvgIpc) is 2.81. The first-order valence-corrected chi connectivity index (χ1v) is 17.7. The van der Waals surface area contributed by atoms with E-state index in [0.717, 1.165) is 0 Å². The van der Waals surface area contributed by atoms with Crippen LogP contribution < -0.4 is 0 Å². The van der Waals surface area contributed by atoms with Crippen molar-refractivity contribution < 1.29 is 58.3 Å². The van der Waals surface area contributed by atoms with Gasteiger partial charge >= 0.3 is 31.3 Å². The van der Waals surface area contributed by atoms with Crippen molar-refractivity contribution in [2.45, 2.75) is 80.1 Å². The second kappa shape index (κ2) is 18.8. The third kappa shape index (κ3) is 15.5. The maximum atomic E-state index is 13.5. The van der Waals surface area contributed by atoms with Crippen LogP contribution in [-0.2, 0) is 58.3 Å². The predicted octanol–water partition coefficient (Wildman–Crippen LogP) is 8.03. The molecule has 0 radical (unpaired) electrons. The lowest BCUT2D eigenvalue weighted by atomic mass is 10.5. The van der Waals surface area contributed by atoms with Crippen molar-refractivity contribution in [3.8, 4) is 0 Å². The second-order valence-electron chi connectivity index (χ2n) is 7.03. The van der Waals surface area contributed by atoms with Crippen LogP contribution in [0.3, 0.4) is 0 Å². The van der Waals surface area contributed by atoms with Crippen LogP contribution in [0.1, 0.15) is 80.1 Å². The molecule has 212 valence electrons. The number of hydrogen-bond acceptors (Lipinski definition) is 13. The van der Waals surface area contributed by atoms with Gasteiger partial charge in [-0.05, 0) is 38.5 Å². The Hall–Kier alpha value is 0.560. The van der Waals surface area contributed by atoms with Crippen molar-refractivity contribution in [2.24, 2.45) is 0 Å². The second-order valence-corrected chi connectivity index (χ2v) is 14.1. The fourth-order valence-corrected chi connectivity index (χ4v) is 9.69. The molecule has 2 atom stereocenters. The molecule has 2 unspecified atom stereocenters. The average molecular weight is 590 g/mol. The molecule has 0 aliphatic carbocycles. The van der Waals surface area contributed by atoms with Crippen LogP contribution in [0.15, 0.2) is 0 Å². The number of phosphoric acid groups is 4. The molecule has 0 N–H and O–H groups in total. The summed E-state index contributed by atoms with van der Waals surface area (Å²) in [5.41, 5.74) is 0. The van der Waals surface area contributed by atoms with E-state index in [2.05, 4.69) is 0 Å². The van der Waals surface area contributed by atoms with Crippen LogP contribution in [0.4, 0.5) is 0 Å². The fourth-order valence-electron chi connectivity index (χ4n) is 1.88. The van der Waals surface area contributed by atoms with Gasteiger partial charge < -0.3 is 0 Å². The quantitative estimate of drug-likeness (QED) is 0.0998. The Labute approximate surface area is 209 Å². The van der Waals surface area contributed by atoms with E-state index < -0.39 is 31.3 Å². The molecule has 0 saturated carbocycles. The molecule has 0 aromatic heterocycles. The molecule has 0 aromatic rings. The van der Waals surface area contributed by atoms with E-state index in [4.69, 9.17) is 40.1 Å². The van der Waals surface area contributed by atoms with Crippen LogP contribution in [0.2, 0.25) is 0 Å². The Balaban J connectivity index is 6.15. The van der Waals surface area contributed by atoms with Crippen LogP contribution in [-0.4, -0.2) is 39.6 Å². The Morgan fingerprint density at radius 1 is 0.343 bits per heavy atom. The molecule has 0 aliphatic heterocycles. The van der Waals surface area contributed by atoms with Crippen molar-refractivity contribution in [3.63, 3.8) is 0 Å². The summed E-state index contributed by atoms with van der Waals surface area (Å²) < 4.78 is 99.5. The topological polar surface area (TPSA) is 151 Å². The third-order valence-electron chi connectivity index (χ3n) is 3.32. The van der Waals surface area contributed by atoms with Gasteiger partial charge in [0.1, 0.15) is 0 Å². The standard InChI is InChI=1S/C18H42O13P4/c1-7-13-23-32(19,24-14-8-2)29-34(21,27-17-11-5)31-35(22,28-18-12-6)30-33(20,25-15-9-3)26-16-10-4/h7-18H2,1-6H3. The van der Waals surface area contributed by atoms with Crippen molar-refractivity contribution in [3.05, 3.63) is 0 Å². The molecule has 0 aromatic carbocycles. The Morgan fingerprint density at radius 2 is 0.514 bits per heavy atom. The van der Waals surface area contributed by atoms with Gasteiger partial charge in [0.2, 0.25) is 0 Å². The highest BCUT2D eigenvalue weighted by Crippen LogP contribution is 2.76. The number of phosphoric ester groups is 2. The summed E-state index contributed by atoms with van der Waals surface area (Å²) in [6.07, 6.45) is 2.45. The van der Waals surface area contributed by atoms with Gasteiger partial charge in [-0.1, -0.05) is 41.5 Å². The minimum Gasteiger partial charge on any atom is -0.287 e. The number of rotatable bonds is 24. The molecular formula is C18H42O13P4. The van der Waals surface area contributed by atoms with Gasteiger partial charge in [0, 0.05) is 0 Å². The van der Waals surface area contributed by atoms with Crippen LogP contribution >= 0.6 is 31.3 Å². The molecular weight excluding hydrogens is 548 g/mol. The minimum atomic E-state index is -5.00. The van der Waals surface area contributed by atoms with Crippen LogP contribution in [0.5, 0.6) is 0 Å². The van der Waals surface area contributed by atoms with Gasteiger partial charge in [-0.25, -0.2) is 18.3 Å². The lowest BCUT2D eigenvalue weighted by Crippen LogP contribution is -2.08. The molecule has 0 fully saturated rings. The Kier molecular flexibility index (Phi) is 19.1. The maximum absolute atomic E-state index is 13.5. The molecule has 0 aliphatic rings. The molecule has 13 nitrogen and oxygen atoms in total. The molecule has 0 spiro atoms. The molecule has 0 bridgehead atoms. The lowest BCUT2D eigenvalue weighted by molar-refractivity contribution is 0.108. The van der Waals surface area contributed by atoms with E-state index >= 15 is 0 Å². The summed E-state index contributed by atoms with van der Waals surface area (Å²) in [7, 11) is -19.0. The van der Waals surface area contributed by atoms with Crippen molar-refractivity contribution >= 4 is 31.3 Å². The molecule has 0 heterocycles. The SMILES string of the molecule is CCCOP(=O)(OCCC)OP(=O)(OCCC)OP(=O)(OCCC)OP(=O)(OCCC)OCCC. The van der Waals surface area contributed by atoms with E-state index in [0.29, 0.717) is 38.5 Å².